The highest BCUT2D eigenvalue weighted by Gasteiger charge is 2.26. The molecule has 1 unspecified atom stereocenters. The van der Waals surface area contributed by atoms with Crippen molar-refractivity contribution in [3.63, 3.8) is 0 Å². The third-order valence-corrected chi connectivity index (χ3v) is 9.49. The molecule has 0 radical (unpaired) electrons. The van der Waals surface area contributed by atoms with E-state index in [0.29, 0.717) is 6.04 Å². The van der Waals surface area contributed by atoms with Gasteiger partial charge in [-0.25, -0.2) is 0 Å². The molecular formula is C38H66ClN3. The van der Waals surface area contributed by atoms with Gasteiger partial charge in [0.2, 0.25) is 0 Å². The number of benzene rings is 2. The third kappa shape index (κ3) is 14.6. The van der Waals surface area contributed by atoms with Gasteiger partial charge in [-0.1, -0.05) is 140 Å². The van der Waals surface area contributed by atoms with Gasteiger partial charge < -0.3 is 10.6 Å². The van der Waals surface area contributed by atoms with Gasteiger partial charge >= 0.3 is 0 Å². The highest BCUT2D eigenvalue weighted by molar-refractivity contribution is 5.86. The molecular weight excluding hydrogens is 534 g/mol. The Kier molecular flexibility index (Phi) is 21.4. The number of halogens is 1. The SMILES string of the molecule is CCCCCCCCCCCCCCCC(c1cccc2ccccc12)N1CCC(CNCCCCNCC)CC1.Cl. The molecule has 1 fully saturated rings. The monoisotopic (exact) mass is 599 g/mol. The van der Waals surface area contributed by atoms with E-state index in [-0.39, 0.29) is 12.4 Å². The van der Waals surface area contributed by atoms with Crippen molar-refractivity contribution in [1.82, 2.24) is 15.5 Å². The van der Waals surface area contributed by atoms with Crippen LogP contribution in [-0.2, 0) is 0 Å². The Morgan fingerprint density at radius 3 is 1.88 bits per heavy atom. The lowest BCUT2D eigenvalue weighted by molar-refractivity contribution is 0.124. The molecule has 1 atom stereocenters. The van der Waals surface area contributed by atoms with E-state index in [4.69, 9.17) is 0 Å². The average Bonchev–Trinajstić information content (AvgIpc) is 3.01. The summed E-state index contributed by atoms with van der Waals surface area (Å²) in [5.41, 5.74) is 1.57. The van der Waals surface area contributed by atoms with Crippen LogP contribution in [0.3, 0.4) is 0 Å². The summed E-state index contributed by atoms with van der Waals surface area (Å²) < 4.78 is 0. The highest BCUT2D eigenvalue weighted by Crippen LogP contribution is 2.35. The predicted octanol–water partition coefficient (Wildman–Crippen LogP) is 10.5. The summed E-state index contributed by atoms with van der Waals surface area (Å²) in [5.74, 6) is 0.838. The minimum Gasteiger partial charge on any atom is -0.317 e. The molecule has 0 saturated carbocycles. The summed E-state index contributed by atoms with van der Waals surface area (Å²) in [6, 6.07) is 16.6. The zero-order valence-electron chi connectivity index (χ0n) is 27.5. The molecule has 0 bridgehead atoms. The summed E-state index contributed by atoms with van der Waals surface area (Å²) in [7, 11) is 0. The summed E-state index contributed by atoms with van der Waals surface area (Å²) in [4.78, 5) is 2.84. The van der Waals surface area contributed by atoms with Crippen molar-refractivity contribution in [3.05, 3.63) is 48.0 Å². The summed E-state index contributed by atoms with van der Waals surface area (Å²) in [5, 5.41) is 10.1. The van der Waals surface area contributed by atoms with Crippen molar-refractivity contribution < 1.29 is 0 Å². The maximum absolute atomic E-state index is 3.77. The molecule has 1 saturated heterocycles. The van der Waals surface area contributed by atoms with Gasteiger partial charge in [-0.2, -0.15) is 0 Å². The molecule has 0 aliphatic carbocycles. The van der Waals surface area contributed by atoms with Crippen LogP contribution in [0.5, 0.6) is 0 Å². The minimum absolute atomic E-state index is 0. The molecule has 42 heavy (non-hydrogen) atoms. The number of piperidine rings is 1. The summed E-state index contributed by atoms with van der Waals surface area (Å²) in [6.07, 6.45) is 25.1. The van der Waals surface area contributed by atoms with Crippen LogP contribution >= 0.6 is 12.4 Å². The zero-order chi connectivity index (χ0) is 28.8. The Morgan fingerprint density at radius 1 is 0.667 bits per heavy atom. The Labute approximate surface area is 266 Å². The first-order valence-corrected chi connectivity index (χ1v) is 18.0. The standard InChI is InChI=1S/C38H65N3.ClH/c1-3-5-6-7-8-9-10-11-12-13-14-15-16-26-38(37-25-21-23-35-22-17-18-24-36(35)37)41-31-27-34(28-32-41)33-40-30-20-19-29-39-4-2;/h17-18,21-25,34,38-40H,3-16,19-20,26-33H2,1-2H3;1H. The van der Waals surface area contributed by atoms with Crippen LogP contribution in [0.1, 0.15) is 141 Å². The van der Waals surface area contributed by atoms with E-state index in [2.05, 4.69) is 71.8 Å². The molecule has 3 rings (SSSR count). The minimum atomic E-state index is 0. The first-order chi connectivity index (χ1) is 20.3. The number of unbranched alkanes of at least 4 members (excludes halogenated alkanes) is 13. The second kappa shape index (κ2) is 24.2. The highest BCUT2D eigenvalue weighted by atomic mass is 35.5. The fraction of sp³-hybridized carbons (Fsp3) is 0.737. The molecule has 1 aliphatic heterocycles. The first-order valence-electron chi connectivity index (χ1n) is 18.0. The Morgan fingerprint density at radius 2 is 1.24 bits per heavy atom. The molecule has 2 aromatic carbocycles. The Bertz CT molecular complexity index is 890. The quantitative estimate of drug-likeness (QED) is 0.117. The van der Waals surface area contributed by atoms with Crippen LogP contribution < -0.4 is 10.6 Å². The predicted molar refractivity (Wildman–Crippen MR) is 189 cm³/mol. The number of likely N-dealkylation sites (tertiary alicyclic amines) is 1. The van der Waals surface area contributed by atoms with Gasteiger partial charge in [-0.05, 0) is 93.6 Å². The van der Waals surface area contributed by atoms with E-state index < -0.39 is 0 Å². The Balaban J connectivity index is 0.00000616. The second-order valence-electron chi connectivity index (χ2n) is 12.9. The fourth-order valence-electron chi connectivity index (χ4n) is 6.88. The molecule has 0 aromatic heterocycles. The first kappa shape index (κ1) is 37.1. The number of hydrogen-bond donors (Lipinski definition) is 2. The maximum atomic E-state index is 3.77. The van der Waals surface area contributed by atoms with Gasteiger partial charge in [-0.3, -0.25) is 4.90 Å². The van der Waals surface area contributed by atoms with Gasteiger partial charge in [-0.15, -0.1) is 12.4 Å². The molecule has 1 aliphatic rings. The van der Waals surface area contributed by atoms with Crippen LogP contribution in [0.15, 0.2) is 42.5 Å². The number of nitrogens with zero attached hydrogens (tertiary/aromatic N) is 1. The van der Waals surface area contributed by atoms with Gasteiger partial charge in [0.1, 0.15) is 0 Å². The van der Waals surface area contributed by atoms with Crippen molar-refractivity contribution in [3.8, 4) is 0 Å². The number of hydrogen-bond acceptors (Lipinski definition) is 3. The molecule has 0 amide bonds. The van der Waals surface area contributed by atoms with Crippen molar-refractivity contribution in [2.45, 2.75) is 135 Å². The van der Waals surface area contributed by atoms with Crippen molar-refractivity contribution in [2.24, 2.45) is 5.92 Å². The molecule has 2 aromatic rings. The van der Waals surface area contributed by atoms with E-state index in [9.17, 15) is 0 Å². The lowest BCUT2D eigenvalue weighted by atomic mass is 9.90. The van der Waals surface area contributed by atoms with E-state index in [0.717, 1.165) is 19.0 Å². The molecule has 0 spiro atoms. The third-order valence-electron chi connectivity index (χ3n) is 9.49. The van der Waals surface area contributed by atoms with E-state index in [1.807, 2.05) is 0 Å². The van der Waals surface area contributed by atoms with Crippen LogP contribution in [-0.4, -0.2) is 44.2 Å². The zero-order valence-corrected chi connectivity index (χ0v) is 28.3. The number of nitrogens with one attached hydrogen (secondary N) is 2. The second-order valence-corrected chi connectivity index (χ2v) is 12.9. The van der Waals surface area contributed by atoms with Gasteiger partial charge in [0.25, 0.3) is 0 Å². The largest absolute Gasteiger partial charge is 0.317 e. The summed E-state index contributed by atoms with van der Waals surface area (Å²) >= 11 is 0. The average molecular weight is 600 g/mol. The molecule has 4 heteroatoms. The molecule has 1 heterocycles. The van der Waals surface area contributed by atoms with Crippen molar-refractivity contribution in [1.29, 1.82) is 0 Å². The van der Waals surface area contributed by atoms with Crippen LogP contribution in [0.25, 0.3) is 10.8 Å². The van der Waals surface area contributed by atoms with Crippen LogP contribution in [0, 0.1) is 5.92 Å². The molecule has 3 nitrogen and oxygen atoms in total. The lowest BCUT2D eigenvalue weighted by Gasteiger charge is -2.38. The number of rotatable bonds is 24. The van der Waals surface area contributed by atoms with E-state index in [1.54, 1.807) is 5.56 Å². The van der Waals surface area contributed by atoms with Gasteiger partial charge in [0, 0.05) is 6.04 Å². The van der Waals surface area contributed by atoms with Gasteiger partial charge in [0.15, 0.2) is 0 Å². The van der Waals surface area contributed by atoms with E-state index in [1.165, 1.54) is 153 Å². The van der Waals surface area contributed by atoms with E-state index >= 15 is 0 Å². The van der Waals surface area contributed by atoms with Gasteiger partial charge in [0.05, 0.1) is 0 Å². The van der Waals surface area contributed by atoms with Crippen LogP contribution in [0.2, 0.25) is 0 Å². The number of fused-ring (bicyclic) bond motifs is 1. The lowest BCUT2D eigenvalue weighted by Crippen LogP contribution is -2.39. The van der Waals surface area contributed by atoms with Crippen LogP contribution in [0.4, 0.5) is 0 Å². The smallest absolute Gasteiger partial charge is 0.0354 e. The van der Waals surface area contributed by atoms with Crippen molar-refractivity contribution >= 4 is 23.2 Å². The summed E-state index contributed by atoms with van der Waals surface area (Å²) in [6.45, 7) is 11.6. The topological polar surface area (TPSA) is 27.3 Å². The molecule has 240 valence electrons. The Hall–Kier alpha value is -1.13. The maximum Gasteiger partial charge on any atom is 0.0354 e. The fourth-order valence-corrected chi connectivity index (χ4v) is 6.88. The normalized spacial score (nSPS) is 15.2. The molecule has 2 N–H and O–H groups in total. The van der Waals surface area contributed by atoms with Crippen molar-refractivity contribution in [2.75, 3.05) is 39.3 Å².